The van der Waals surface area contributed by atoms with Gasteiger partial charge in [-0.15, -0.1) is 0 Å². The highest BCUT2D eigenvalue weighted by molar-refractivity contribution is 5.79. The van der Waals surface area contributed by atoms with Crippen LogP contribution in [0.2, 0.25) is 0 Å². The summed E-state index contributed by atoms with van der Waals surface area (Å²) in [5.41, 5.74) is 3.99. The lowest BCUT2D eigenvalue weighted by Crippen LogP contribution is -2.31. The minimum atomic E-state index is 0. The van der Waals surface area contributed by atoms with Gasteiger partial charge in [0.2, 0.25) is 0 Å². The van der Waals surface area contributed by atoms with Crippen LogP contribution in [-0.2, 0) is 0 Å². The van der Waals surface area contributed by atoms with Crippen LogP contribution in [0.3, 0.4) is 0 Å². The van der Waals surface area contributed by atoms with E-state index in [4.69, 9.17) is 4.98 Å². The number of rotatable bonds is 1. The average molecular weight is 285 g/mol. The second-order valence-corrected chi connectivity index (χ2v) is 8.10. The smallest absolute Gasteiger partial charge is 0.0708 e. The quantitative estimate of drug-likeness (QED) is 0.594. The SMILES string of the molecule is C.Cc1ccc2ccc(C(C(C)(C)C)C(C)(C)C)nc2c1. The summed E-state index contributed by atoms with van der Waals surface area (Å²) in [6.07, 6.45) is 0. The van der Waals surface area contributed by atoms with Crippen LogP contribution < -0.4 is 0 Å². The predicted octanol–water partition coefficient (Wildman–Crippen LogP) is 6.36. The fourth-order valence-corrected chi connectivity index (χ4v) is 3.59. The van der Waals surface area contributed by atoms with Gasteiger partial charge >= 0.3 is 0 Å². The molecule has 0 radical (unpaired) electrons. The van der Waals surface area contributed by atoms with E-state index in [0.29, 0.717) is 5.92 Å². The molecule has 0 saturated carbocycles. The summed E-state index contributed by atoms with van der Waals surface area (Å²) in [5.74, 6) is 0.430. The fraction of sp³-hybridized carbons (Fsp3) is 0.550. The molecular formula is C20H31N. The monoisotopic (exact) mass is 285 g/mol. The van der Waals surface area contributed by atoms with Gasteiger partial charge in [-0.2, -0.15) is 0 Å². The first-order valence-corrected chi connectivity index (χ1v) is 7.46. The first-order chi connectivity index (χ1) is 9.09. The number of fused-ring (bicyclic) bond motifs is 1. The van der Waals surface area contributed by atoms with Crippen molar-refractivity contribution in [2.24, 2.45) is 10.8 Å². The van der Waals surface area contributed by atoms with Crippen molar-refractivity contribution in [3.8, 4) is 0 Å². The summed E-state index contributed by atoms with van der Waals surface area (Å²) in [6.45, 7) is 16.0. The van der Waals surface area contributed by atoms with Crippen molar-refractivity contribution in [1.29, 1.82) is 0 Å². The largest absolute Gasteiger partial charge is 0.252 e. The second kappa shape index (κ2) is 5.79. The maximum atomic E-state index is 4.97. The normalized spacial score (nSPS) is 12.6. The van der Waals surface area contributed by atoms with E-state index in [1.165, 1.54) is 16.6 Å². The standard InChI is InChI=1S/C19H27N.CH4/c1-13-8-9-14-10-11-15(20-16(14)12-13)17(18(2,3)4)19(5,6)7;/h8-12,17H,1-7H3;1H4. The summed E-state index contributed by atoms with van der Waals surface area (Å²) in [6, 6.07) is 10.9. The van der Waals surface area contributed by atoms with E-state index in [-0.39, 0.29) is 18.3 Å². The number of pyridine rings is 1. The highest BCUT2D eigenvalue weighted by Crippen LogP contribution is 2.46. The molecule has 1 aromatic carbocycles. The van der Waals surface area contributed by atoms with Gasteiger partial charge in [-0.25, -0.2) is 0 Å². The van der Waals surface area contributed by atoms with Gasteiger partial charge in [0, 0.05) is 17.0 Å². The Bertz CT molecular complexity index is 598. The minimum Gasteiger partial charge on any atom is -0.252 e. The van der Waals surface area contributed by atoms with Gasteiger partial charge in [-0.05, 0) is 35.4 Å². The molecule has 0 bridgehead atoms. The van der Waals surface area contributed by atoms with E-state index in [9.17, 15) is 0 Å². The molecule has 0 aliphatic rings. The first kappa shape index (κ1) is 17.7. The Balaban J connectivity index is 0.00000220. The van der Waals surface area contributed by atoms with E-state index in [0.717, 1.165) is 5.52 Å². The first-order valence-electron chi connectivity index (χ1n) is 7.46. The number of nitrogens with zero attached hydrogens (tertiary/aromatic N) is 1. The maximum Gasteiger partial charge on any atom is 0.0708 e. The molecule has 1 nitrogen and oxygen atoms in total. The maximum absolute atomic E-state index is 4.97. The van der Waals surface area contributed by atoms with Crippen molar-refractivity contribution in [2.45, 2.75) is 61.8 Å². The van der Waals surface area contributed by atoms with Gasteiger partial charge in [-0.3, -0.25) is 4.98 Å². The molecule has 0 spiro atoms. The highest BCUT2D eigenvalue weighted by Gasteiger charge is 2.37. The van der Waals surface area contributed by atoms with Crippen molar-refractivity contribution in [2.75, 3.05) is 0 Å². The minimum absolute atomic E-state index is 0. The zero-order valence-electron chi connectivity index (χ0n) is 13.9. The molecule has 1 heteroatoms. The van der Waals surface area contributed by atoms with Crippen molar-refractivity contribution in [1.82, 2.24) is 4.98 Å². The van der Waals surface area contributed by atoms with Gasteiger partial charge in [-0.1, -0.05) is 67.2 Å². The van der Waals surface area contributed by atoms with E-state index < -0.39 is 0 Å². The van der Waals surface area contributed by atoms with Crippen LogP contribution in [-0.4, -0.2) is 4.98 Å². The molecule has 116 valence electrons. The molecule has 0 aliphatic carbocycles. The van der Waals surface area contributed by atoms with Gasteiger partial charge in [0.1, 0.15) is 0 Å². The van der Waals surface area contributed by atoms with Crippen molar-refractivity contribution in [3.05, 3.63) is 41.6 Å². The lowest BCUT2D eigenvalue weighted by molar-refractivity contribution is 0.172. The molecule has 21 heavy (non-hydrogen) atoms. The Morgan fingerprint density at radius 3 is 1.90 bits per heavy atom. The summed E-state index contributed by atoms with van der Waals surface area (Å²) in [4.78, 5) is 4.97. The Morgan fingerprint density at radius 2 is 1.38 bits per heavy atom. The van der Waals surface area contributed by atoms with Crippen LogP contribution in [0, 0.1) is 17.8 Å². The summed E-state index contributed by atoms with van der Waals surface area (Å²) >= 11 is 0. The molecule has 0 amide bonds. The van der Waals surface area contributed by atoms with Crippen LogP contribution in [0.5, 0.6) is 0 Å². The fourth-order valence-electron chi connectivity index (χ4n) is 3.59. The molecule has 2 aromatic rings. The molecule has 0 aliphatic heterocycles. The molecule has 0 unspecified atom stereocenters. The second-order valence-electron chi connectivity index (χ2n) is 8.10. The number of aromatic nitrogens is 1. The Kier molecular flexibility index (Phi) is 4.87. The van der Waals surface area contributed by atoms with E-state index in [1.54, 1.807) is 0 Å². The molecular weight excluding hydrogens is 254 g/mol. The highest BCUT2D eigenvalue weighted by atomic mass is 14.7. The molecule has 0 fully saturated rings. The number of hydrogen-bond acceptors (Lipinski definition) is 1. The van der Waals surface area contributed by atoms with Gasteiger partial charge in [0.05, 0.1) is 5.52 Å². The van der Waals surface area contributed by atoms with Crippen LogP contribution in [0.15, 0.2) is 30.3 Å². The molecule has 1 heterocycles. The van der Waals surface area contributed by atoms with Crippen molar-refractivity contribution < 1.29 is 0 Å². The van der Waals surface area contributed by atoms with Gasteiger partial charge in [0.25, 0.3) is 0 Å². The van der Waals surface area contributed by atoms with Gasteiger partial charge in [0.15, 0.2) is 0 Å². The number of hydrogen-bond donors (Lipinski definition) is 0. The Hall–Kier alpha value is -1.37. The van der Waals surface area contributed by atoms with Crippen LogP contribution in [0.4, 0.5) is 0 Å². The van der Waals surface area contributed by atoms with Crippen LogP contribution in [0.1, 0.15) is 66.1 Å². The third-order valence-electron chi connectivity index (χ3n) is 3.90. The lowest BCUT2D eigenvalue weighted by atomic mass is 9.65. The summed E-state index contributed by atoms with van der Waals surface area (Å²) < 4.78 is 0. The predicted molar refractivity (Wildman–Crippen MR) is 94.9 cm³/mol. The Labute approximate surface area is 130 Å². The number of aryl methyl sites for hydroxylation is 1. The molecule has 0 saturated heterocycles. The molecule has 0 N–H and O–H groups in total. The third-order valence-corrected chi connectivity index (χ3v) is 3.90. The van der Waals surface area contributed by atoms with E-state index in [1.807, 2.05) is 0 Å². The molecule has 0 atom stereocenters. The number of benzene rings is 1. The zero-order chi connectivity index (χ0) is 15.1. The van der Waals surface area contributed by atoms with Crippen molar-refractivity contribution in [3.63, 3.8) is 0 Å². The summed E-state index contributed by atoms with van der Waals surface area (Å²) in [7, 11) is 0. The topological polar surface area (TPSA) is 12.9 Å². The lowest BCUT2D eigenvalue weighted by Gasteiger charge is -2.40. The van der Waals surface area contributed by atoms with Gasteiger partial charge < -0.3 is 0 Å². The molecule has 2 rings (SSSR count). The van der Waals surface area contributed by atoms with Crippen molar-refractivity contribution >= 4 is 10.9 Å². The van der Waals surface area contributed by atoms with Crippen LogP contribution >= 0.6 is 0 Å². The average Bonchev–Trinajstić information content (AvgIpc) is 2.24. The Morgan fingerprint density at radius 1 is 0.857 bits per heavy atom. The molecule has 1 aromatic heterocycles. The zero-order valence-corrected chi connectivity index (χ0v) is 13.9. The third kappa shape index (κ3) is 3.84. The summed E-state index contributed by atoms with van der Waals surface area (Å²) in [5, 5.41) is 1.22. The van der Waals surface area contributed by atoms with E-state index >= 15 is 0 Å². The van der Waals surface area contributed by atoms with Crippen LogP contribution in [0.25, 0.3) is 10.9 Å². The van der Waals surface area contributed by atoms with E-state index in [2.05, 4.69) is 78.8 Å².